The van der Waals surface area contributed by atoms with Gasteiger partial charge in [0.2, 0.25) is 0 Å². The average Bonchev–Trinajstić information content (AvgIpc) is 2.85. The van der Waals surface area contributed by atoms with Gasteiger partial charge in [0.25, 0.3) is 5.56 Å². The van der Waals surface area contributed by atoms with Gasteiger partial charge < -0.3 is 9.13 Å². The first-order valence-electron chi connectivity index (χ1n) is 7.50. The third-order valence-corrected chi connectivity index (χ3v) is 4.50. The summed E-state index contributed by atoms with van der Waals surface area (Å²) >= 11 is 5.27. The SMILES string of the molecule is CCCn1c(-c2cc3c(n(C)c2=O)CCCC3)n[nH]c1=S. The van der Waals surface area contributed by atoms with E-state index in [0.29, 0.717) is 16.2 Å². The predicted octanol–water partition coefficient (Wildman–Crippen LogP) is 2.60. The molecule has 6 heteroatoms. The lowest BCUT2D eigenvalue weighted by Gasteiger charge is -2.20. The van der Waals surface area contributed by atoms with Gasteiger partial charge in [-0.05, 0) is 56.0 Å². The van der Waals surface area contributed by atoms with E-state index in [0.717, 1.165) is 32.2 Å². The van der Waals surface area contributed by atoms with Crippen LogP contribution in [-0.2, 0) is 26.4 Å². The molecule has 2 heterocycles. The first-order valence-corrected chi connectivity index (χ1v) is 7.91. The van der Waals surface area contributed by atoms with Crippen LogP contribution in [0.4, 0.5) is 0 Å². The third-order valence-electron chi connectivity index (χ3n) is 4.19. The van der Waals surface area contributed by atoms with Gasteiger partial charge in [0.1, 0.15) is 0 Å². The second-order valence-electron chi connectivity index (χ2n) is 5.61. The Morgan fingerprint density at radius 2 is 2.14 bits per heavy atom. The highest BCUT2D eigenvalue weighted by atomic mass is 32.1. The molecule has 0 aromatic carbocycles. The Morgan fingerprint density at radius 3 is 2.90 bits per heavy atom. The summed E-state index contributed by atoms with van der Waals surface area (Å²) in [6.45, 7) is 2.86. The highest BCUT2D eigenvalue weighted by molar-refractivity contribution is 7.71. The van der Waals surface area contributed by atoms with Gasteiger partial charge in [-0.2, -0.15) is 5.10 Å². The van der Waals surface area contributed by atoms with E-state index in [4.69, 9.17) is 12.2 Å². The number of fused-ring (bicyclic) bond motifs is 1. The lowest BCUT2D eigenvalue weighted by Crippen LogP contribution is -2.26. The molecule has 3 rings (SSSR count). The number of H-pyrrole nitrogens is 1. The monoisotopic (exact) mass is 304 g/mol. The summed E-state index contributed by atoms with van der Waals surface area (Å²) in [4.78, 5) is 12.7. The molecule has 0 atom stereocenters. The van der Waals surface area contributed by atoms with Crippen LogP contribution in [0.15, 0.2) is 10.9 Å². The number of pyridine rings is 1. The van der Waals surface area contributed by atoms with Crippen molar-refractivity contribution in [2.45, 2.75) is 45.6 Å². The summed E-state index contributed by atoms with van der Waals surface area (Å²) in [6, 6.07) is 2.02. The Labute approximate surface area is 128 Å². The highest BCUT2D eigenvalue weighted by Gasteiger charge is 2.19. The van der Waals surface area contributed by atoms with Crippen LogP contribution in [0.3, 0.4) is 0 Å². The molecule has 0 amide bonds. The molecular formula is C15H20N4OS. The first kappa shape index (κ1) is 14.3. The van der Waals surface area contributed by atoms with Gasteiger partial charge in [0.15, 0.2) is 10.6 Å². The summed E-state index contributed by atoms with van der Waals surface area (Å²) in [5, 5.41) is 7.10. The minimum atomic E-state index is 0.0157. The molecule has 5 nitrogen and oxygen atoms in total. The number of aryl methyl sites for hydroxylation is 1. The van der Waals surface area contributed by atoms with Crippen molar-refractivity contribution in [1.29, 1.82) is 0 Å². The van der Waals surface area contributed by atoms with E-state index < -0.39 is 0 Å². The number of hydrogen-bond donors (Lipinski definition) is 1. The maximum Gasteiger partial charge on any atom is 0.261 e. The molecule has 0 radical (unpaired) electrons. The Bertz CT molecular complexity index is 784. The van der Waals surface area contributed by atoms with Crippen molar-refractivity contribution in [3.05, 3.63) is 32.4 Å². The molecule has 0 saturated heterocycles. The fraction of sp³-hybridized carbons (Fsp3) is 0.533. The number of aromatic nitrogens is 4. The van der Waals surface area contributed by atoms with E-state index in [1.807, 2.05) is 17.7 Å². The lowest BCUT2D eigenvalue weighted by atomic mass is 9.94. The fourth-order valence-electron chi connectivity index (χ4n) is 3.11. The van der Waals surface area contributed by atoms with E-state index in [9.17, 15) is 4.79 Å². The first-order chi connectivity index (χ1) is 10.1. The average molecular weight is 304 g/mol. The molecule has 0 fully saturated rings. The topological polar surface area (TPSA) is 55.6 Å². The van der Waals surface area contributed by atoms with Crippen molar-refractivity contribution >= 4 is 12.2 Å². The quantitative estimate of drug-likeness (QED) is 0.887. The molecule has 112 valence electrons. The normalized spacial score (nSPS) is 14.2. The van der Waals surface area contributed by atoms with Gasteiger partial charge in [0, 0.05) is 19.3 Å². The zero-order valence-electron chi connectivity index (χ0n) is 12.5. The molecule has 1 aliphatic carbocycles. The molecule has 2 aromatic heterocycles. The van der Waals surface area contributed by atoms with Crippen molar-refractivity contribution in [2.75, 3.05) is 0 Å². The van der Waals surface area contributed by atoms with Crippen LogP contribution in [0.25, 0.3) is 11.4 Å². The summed E-state index contributed by atoms with van der Waals surface area (Å²) in [5.41, 5.74) is 3.11. The third kappa shape index (κ3) is 2.37. The minimum Gasteiger partial charge on any atom is -0.315 e. The smallest absolute Gasteiger partial charge is 0.261 e. The van der Waals surface area contributed by atoms with Crippen LogP contribution >= 0.6 is 12.2 Å². The van der Waals surface area contributed by atoms with Crippen LogP contribution in [0, 0.1) is 4.77 Å². The van der Waals surface area contributed by atoms with Crippen LogP contribution in [0.5, 0.6) is 0 Å². The summed E-state index contributed by atoms with van der Waals surface area (Å²) in [5.74, 6) is 0.663. The van der Waals surface area contributed by atoms with Crippen LogP contribution in [0.1, 0.15) is 37.4 Å². The second-order valence-corrected chi connectivity index (χ2v) is 5.99. The fourth-order valence-corrected chi connectivity index (χ4v) is 3.33. The van der Waals surface area contributed by atoms with Gasteiger partial charge in [0.05, 0.1) is 5.56 Å². The van der Waals surface area contributed by atoms with Crippen LogP contribution in [-0.4, -0.2) is 19.3 Å². The molecular weight excluding hydrogens is 284 g/mol. The van der Waals surface area contributed by atoms with Crippen molar-refractivity contribution in [1.82, 2.24) is 19.3 Å². The maximum absolute atomic E-state index is 12.7. The van der Waals surface area contributed by atoms with Gasteiger partial charge in [-0.15, -0.1) is 0 Å². The van der Waals surface area contributed by atoms with E-state index in [-0.39, 0.29) is 5.56 Å². The Hall–Kier alpha value is -1.69. The molecule has 1 N–H and O–H groups in total. The number of hydrogen-bond acceptors (Lipinski definition) is 3. The van der Waals surface area contributed by atoms with Crippen molar-refractivity contribution < 1.29 is 0 Å². The van der Waals surface area contributed by atoms with Crippen molar-refractivity contribution in [3.63, 3.8) is 0 Å². The molecule has 1 aliphatic rings. The zero-order chi connectivity index (χ0) is 15.0. The van der Waals surface area contributed by atoms with Gasteiger partial charge in [-0.25, -0.2) is 0 Å². The minimum absolute atomic E-state index is 0.0157. The number of rotatable bonds is 3. The van der Waals surface area contributed by atoms with E-state index in [2.05, 4.69) is 17.1 Å². The molecule has 21 heavy (non-hydrogen) atoms. The molecule has 0 aliphatic heterocycles. The zero-order valence-corrected chi connectivity index (χ0v) is 13.3. The molecule has 0 unspecified atom stereocenters. The van der Waals surface area contributed by atoms with E-state index in [1.54, 1.807) is 4.57 Å². The molecule has 0 spiro atoms. The maximum atomic E-state index is 12.7. The van der Waals surface area contributed by atoms with Gasteiger partial charge in [-0.1, -0.05) is 6.92 Å². The largest absolute Gasteiger partial charge is 0.315 e. The Balaban J connectivity index is 2.22. The van der Waals surface area contributed by atoms with Crippen molar-refractivity contribution in [3.8, 4) is 11.4 Å². The number of nitrogens with one attached hydrogen (secondary N) is 1. The highest BCUT2D eigenvalue weighted by Crippen LogP contribution is 2.23. The summed E-state index contributed by atoms with van der Waals surface area (Å²) in [6.07, 6.45) is 5.32. The summed E-state index contributed by atoms with van der Waals surface area (Å²) in [7, 11) is 1.86. The van der Waals surface area contributed by atoms with Gasteiger partial charge >= 0.3 is 0 Å². The second kappa shape index (κ2) is 5.60. The predicted molar refractivity (Wildman–Crippen MR) is 85.0 cm³/mol. The Morgan fingerprint density at radius 1 is 1.38 bits per heavy atom. The van der Waals surface area contributed by atoms with E-state index in [1.165, 1.54) is 17.7 Å². The van der Waals surface area contributed by atoms with E-state index >= 15 is 0 Å². The standard InChI is InChI=1S/C15H20N4OS/c1-3-8-19-13(16-17-15(19)21)11-9-10-6-4-5-7-12(10)18(2)14(11)20/h9H,3-8H2,1-2H3,(H,17,21). The molecule has 0 bridgehead atoms. The van der Waals surface area contributed by atoms with Crippen LogP contribution < -0.4 is 5.56 Å². The van der Waals surface area contributed by atoms with Crippen molar-refractivity contribution in [2.24, 2.45) is 7.05 Å². The van der Waals surface area contributed by atoms with Gasteiger partial charge in [-0.3, -0.25) is 9.89 Å². The summed E-state index contributed by atoms with van der Waals surface area (Å²) < 4.78 is 4.28. The number of nitrogens with zero attached hydrogens (tertiary/aromatic N) is 3. The molecule has 0 saturated carbocycles. The molecule has 2 aromatic rings. The number of aromatic amines is 1. The lowest BCUT2D eigenvalue weighted by molar-refractivity contribution is 0.622. The van der Waals surface area contributed by atoms with Crippen LogP contribution in [0.2, 0.25) is 0 Å². The Kier molecular flexibility index (Phi) is 3.80.